The van der Waals surface area contributed by atoms with Crippen LogP contribution in [-0.2, 0) is 9.53 Å². The van der Waals surface area contributed by atoms with Crippen molar-refractivity contribution in [3.05, 3.63) is 52.3 Å². The highest BCUT2D eigenvalue weighted by molar-refractivity contribution is 6.02. The van der Waals surface area contributed by atoms with E-state index in [4.69, 9.17) is 4.74 Å². The first-order chi connectivity index (χ1) is 12.1. The average molecular weight is 364 g/mol. The van der Waals surface area contributed by atoms with E-state index in [-0.39, 0.29) is 17.2 Å². The molecule has 0 aliphatic carbocycles. The largest absolute Gasteiger partial charge is 0.448 e. The lowest BCUT2D eigenvalue weighted by atomic mass is 10.1. The average Bonchev–Trinajstić information content (AvgIpc) is 2.85. The number of H-pyrrole nitrogens is 1. The van der Waals surface area contributed by atoms with Crippen LogP contribution < -0.4 is 5.32 Å². The molecule has 0 radical (unpaired) electrons. The van der Waals surface area contributed by atoms with Crippen molar-refractivity contribution in [2.75, 3.05) is 5.32 Å². The third-order valence-electron chi connectivity index (χ3n) is 3.83. The van der Waals surface area contributed by atoms with Crippen molar-refractivity contribution in [2.24, 2.45) is 0 Å². The Balaban J connectivity index is 2.12. The SMILES string of the molecule is CC(=O)c1c(C)[nH]c(C(=O)O[C@H](C)C(=O)Nc2cc(F)ccc2F)c1C. The number of ketones is 1. The van der Waals surface area contributed by atoms with E-state index >= 15 is 0 Å². The lowest BCUT2D eigenvalue weighted by molar-refractivity contribution is -0.123. The van der Waals surface area contributed by atoms with Gasteiger partial charge in [-0.15, -0.1) is 0 Å². The minimum Gasteiger partial charge on any atom is -0.448 e. The molecule has 0 bridgehead atoms. The standard InChI is InChI=1S/C18H18F2N2O4/c1-8-15(10(3)23)9(2)21-16(8)18(25)26-11(4)17(24)22-14-7-12(19)5-6-13(14)20/h5-7,11,21H,1-4H3,(H,22,24)/t11-/m1/s1. The van der Waals surface area contributed by atoms with Crippen LogP contribution in [0.15, 0.2) is 18.2 Å². The van der Waals surface area contributed by atoms with Crippen LogP contribution in [0.2, 0.25) is 0 Å². The van der Waals surface area contributed by atoms with E-state index in [1.54, 1.807) is 13.8 Å². The summed E-state index contributed by atoms with van der Waals surface area (Å²) in [5.74, 6) is -3.40. The van der Waals surface area contributed by atoms with Gasteiger partial charge >= 0.3 is 5.97 Å². The second-order valence-electron chi connectivity index (χ2n) is 5.84. The molecule has 1 amide bonds. The molecule has 1 heterocycles. The van der Waals surface area contributed by atoms with E-state index in [9.17, 15) is 23.2 Å². The van der Waals surface area contributed by atoms with Crippen LogP contribution in [0.4, 0.5) is 14.5 Å². The summed E-state index contributed by atoms with van der Waals surface area (Å²) in [6.45, 7) is 5.90. The van der Waals surface area contributed by atoms with Crippen LogP contribution in [-0.4, -0.2) is 28.7 Å². The molecule has 8 heteroatoms. The van der Waals surface area contributed by atoms with Crippen LogP contribution in [0.1, 0.15) is 46.0 Å². The van der Waals surface area contributed by atoms with Crippen molar-refractivity contribution in [3.8, 4) is 0 Å². The first kappa shape index (κ1) is 19.3. The van der Waals surface area contributed by atoms with Gasteiger partial charge in [0.2, 0.25) is 0 Å². The number of ether oxygens (including phenoxy) is 1. The van der Waals surface area contributed by atoms with Gasteiger partial charge in [0.25, 0.3) is 5.91 Å². The summed E-state index contributed by atoms with van der Waals surface area (Å²) in [5.41, 5.74) is 1.02. The highest BCUT2D eigenvalue weighted by Crippen LogP contribution is 2.20. The summed E-state index contributed by atoms with van der Waals surface area (Å²) in [6, 6.07) is 2.60. The van der Waals surface area contributed by atoms with Crippen LogP contribution in [0.5, 0.6) is 0 Å². The number of amides is 1. The zero-order chi connectivity index (χ0) is 19.6. The number of Topliss-reactive ketones (excluding diaryl/α,β-unsaturated/α-hetero) is 1. The first-order valence-electron chi connectivity index (χ1n) is 7.78. The molecule has 0 aliphatic rings. The van der Waals surface area contributed by atoms with Gasteiger partial charge in [0.15, 0.2) is 11.9 Å². The number of carbonyl (C=O) groups excluding carboxylic acids is 3. The molecule has 1 atom stereocenters. The lowest BCUT2D eigenvalue weighted by Crippen LogP contribution is -2.30. The Labute approximate surface area is 148 Å². The van der Waals surface area contributed by atoms with Gasteiger partial charge in [-0.3, -0.25) is 9.59 Å². The Morgan fingerprint density at radius 1 is 1.19 bits per heavy atom. The van der Waals surface area contributed by atoms with Crippen LogP contribution in [0.25, 0.3) is 0 Å². The van der Waals surface area contributed by atoms with E-state index in [0.29, 0.717) is 16.8 Å². The molecule has 0 saturated carbocycles. The smallest absolute Gasteiger partial charge is 0.355 e. The minimum atomic E-state index is -1.27. The van der Waals surface area contributed by atoms with Crippen molar-refractivity contribution in [2.45, 2.75) is 33.8 Å². The summed E-state index contributed by atoms with van der Waals surface area (Å²) < 4.78 is 31.8. The molecule has 0 spiro atoms. The highest BCUT2D eigenvalue weighted by atomic mass is 19.1. The minimum absolute atomic E-state index is 0.0595. The molecule has 1 aromatic carbocycles. The molecule has 0 saturated heterocycles. The second-order valence-corrected chi connectivity index (χ2v) is 5.84. The Bertz CT molecular complexity index is 890. The van der Waals surface area contributed by atoms with Gasteiger partial charge in [-0.1, -0.05) is 0 Å². The van der Waals surface area contributed by atoms with Crippen molar-refractivity contribution in [3.63, 3.8) is 0 Å². The van der Waals surface area contributed by atoms with Gasteiger partial charge in [-0.05, 0) is 45.4 Å². The number of rotatable bonds is 5. The third kappa shape index (κ3) is 3.96. The third-order valence-corrected chi connectivity index (χ3v) is 3.83. The van der Waals surface area contributed by atoms with E-state index in [1.165, 1.54) is 13.8 Å². The Morgan fingerprint density at radius 2 is 1.85 bits per heavy atom. The fraction of sp³-hybridized carbons (Fsp3) is 0.278. The van der Waals surface area contributed by atoms with E-state index in [0.717, 1.165) is 18.2 Å². The number of aromatic amines is 1. The molecule has 2 aromatic rings. The number of esters is 1. The van der Waals surface area contributed by atoms with E-state index in [2.05, 4.69) is 10.3 Å². The molecular formula is C18H18F2N2O4. The number of anilines is 1. The number of benzene rings is 1. The van der Waals surface area contributed by atoms with Gasteiger partial charge in [0, 0.05) is 17.3 Å². The highest BCUT2D eigenvalue weighted by Gasteiger charge is 2.25. The monoisotopic (exact) mass is 364 g/mol. The summed E-state index contributed by atoms with van der Waals surface area (Å²) in [4.78, 5) is 38.7. The molecule has 2 rings (SSSR count). The number of carbonyl (C=O) groups is 3. The van der Waals surface area contributed by atoms with Gasteiger partial charge in [0.1, 0.15) is 17.3 Å². The van der Waals surface area contributed by atoms with E-state index in [1.807, 2.05) is 0 Å². The maximum absolute atomic E-state index is 13.6. The van der Waals surface area contributed by atoms with Crippen LogP contribution >= 0.6 is 0 Å². The van der Waals surface area contributed by atoms with Crippen LogP contribution in [0, 0.1) is 25.5 Å². The second kappa shape index (κ2) is 7.47. The van der Waals surface area contributed by atoms with Crippen molar-refractivity contribution in [1.82, 2.24) is 4.98 Å². The number of hydrogen-bond donors (Lipinski definition) is 2. The predicted octanol–water partition coefficient (Wildman–Crippen LogP) is 3.30. The molecule has 2 N–H and O–H groups in total. The summed E-state index contributed by atoms with van der Waals surface area (Å²) in [6.07, 6.45) is -1.27. The Morgan fingerprint density at radius 3 is 2.42 bits per heavy atom. The topological polar surface area (TPSA) is 88.3 Å². The molecule has 26 heavy (non-hydrogen) atoms. The molecule has 0 aliphatic heterocycles. The quantitative estimate of drug-likeness (QED) is 0.629. The number of aromatic nitrogens is 1. The Kier molecular flexibility index (Phi) is 5.54. The van der Waals surface area contributed by atoms with Gasteiger partial charge in [-0.25, -0.2) is 13.6 Å². The van der Waals surface area contributed by atoms with Crippen molar-refractivity contribution < 1.29 is 27.9 Å². The van der Waals surface area contributed by atoms with Crippen molar-refractivity contribution in [1.29, 1.82) is 0 Å². The fourth-order valence-electron chi connectivity index (χ4n) is 2.58. The molecule has 6 nitrogen and oxygen atoms in total. The summed E-state index contributed by atoms with van der Waals surface area (Å²) >= 11 is 0. The molecule has 0 fully saturated rings. The summed E-state index contributed by atoms with van der Waals surface area (Å²) in [5, 5.41) is 2.16. The fourth-order valence-corrected chi connectivity index (χ4v) is 2.58. The molecule has 138 valence electrons. The summed E-state index contributed by atoms with van der Waals surface area (Å²) in [7, 11) is 0. The van der Waals surface area contributed by atoms with Crippen molar-refractivity contribution >= 4 is 23.3 Å². The van der Waals surface area contributed by atoms with Gasteiger partial charge in [0.05, 0.1) is 5.69 Å². The van der Waals surface area contributed by atoms with Gasteiger partial charge < -0.3 is 15.0 Å². The van der Waals surface area contributed by atoms with E-state index < -0.39 is 29.6 Å². The molecular weight excluding hydrogens is 346 g/mol. The number of hydrogen-bond acceptors (Lipinski definition) is 4. The number of halogens is 2. The zero-order valence-electron chi connectivity index (χ0n) is 14.7. The first-order valence-corrected chi connectivity index (χ1v) is 7.78. The molecule has 0 unspecified atom stereocenters. The van der Waals surface area contributed by atoms with Gasteiger partial charge in [-0.2, -0.15) is 0 Å². The lowest BCUT2D eigenvalue weighted by Gasteiger charge is -2.14. The number of nitrogens with one attached hydrogen (secondary N) is 2. The maximum Gasteiger partial charge on any atom is 0.355 e. The number of aryl methyl sites for hydroxylation is 1. The normalized spacial score (nSPS) is 11.8. The van der Waals surface area contributed by atoms with Crippen LogP contribution in [0.3, 0.4) is 0 Å². The predicted molar refractivity (Wildman–Crippen MR) is 90.1 cm³/mol. The Hall–Kier alpha value is -3.03. The molecule has 1 aromatic heterocycles. The maximum atomic E-state index is 13.6. The zero-order valence-corrected chi connectivity index (χ0v) is 14.7.